The van der Waals surface area contributed by atoms with Crippen molar-refractivity contribution < 1.29 is 0 Å². The van der Waals surface area contributed by atoms with Crippen LogP contribution >= 0.6 is 12.2 Å². The first-order chi connectivity index (χ1) is 7.35. The second kappa shape index (κ2) is 4.83. The Hall–Kier alpha value is -1.09. The maximum atomic E-state index is 5.60. The van der Waals surface area contributed by atoms with Crippen molar-refractivity contribution in [2.24, 2.45) is 5.73 Å². The summed E-state index contributed by atoms with van der Waals surface area (Å²) in [7, 11) is 0. The predicted molar refractivity (Wildman–Crippen MR) is 75.1 cm³/mol. The van der Waals surface area contributed by atoms with Gasteiger partial charge in [0.25, 0.3) is 0 Å². The van der Waals surface area contributed by atoms with Crippen LogP contribution in [0.4, 0.5) is 5.69 Å². The van der Waals surface area contributed by atoms with Crippen LogP contribution in [0, 0.1) is 6.92 Å². The predicted octanol–water partition coefficient (Wildman–Crippen LogP) is 3.23. The molecule has 0 atom stereocenters. The molecule has 2 nitrogen and oxygen atoms in total. The fraction of sp³-hybridized carbons (Fsp3) is 0.462. The maximum absolute atomic E-state index is 5.60. The maximum Gasteiger partial charge on any atom is 0.103 e. The summed E-state index contributed by atoms with van der Waals surface area (Å²) in [6.07, 6.45) is 1.07. The molecule has 3 N–H and O–H groups in total. The number of nitrogens with two attached hydrogens (primary N) is 1. The van der Waals surface area contributed by atoms with E-state index in [-0.39, 0.29) is 5.54 Å². The Morgan fingerprint density at radius 3 is 2.50 bits per heavy atom. The summed E-state index contributed by atoms with van der Waals surface area (Å²) in [5, 5.41) is 3.52. The van der Waals surface area contributed by atoms with Crippen LogP contribution in [0.5, 0.6) is 0 Å². The van der Waals surface area contributed by atoms with Gasteiger partial charge in [-0.3, -0.25) is 0 Å². The van der Waals surface area contributed by atoms with Crippen molar-refractivity contribution in [2.45, 2.75) is 39.7 Å². The second-order valence-electron chi connectivity index (χ2n) is 4.76. The van der Waals surface area contributed by atoms with Gasteiger partial charge in [-0.15, -0.1) is 0 Å². The molecule has 3 heteroatoms. The van der Waals surface area contributed by atoms with E-state index in [1.54, 1.807) is 0 Å². The number of thiocarbonyl (C=S) groups is 1. The third-order valence-corrected chi connectivity index (χ3v) is 3.10. The van der Waals surface area contributed by atoms with Crippen LogP contribution < -0.4 is 11.1 Å². The third kappa shape index (κ3) is 3.20. The standard InChI is InChI=1S/C13H20N2S/c1-5-13(3,4)15-11-7-6-10(12(14)16)8-9(11)2/h6-8,15H,5H2,1-4H3,(H2,14,16). The summed E-state index contributed by atoms with van der Waals surface area (Å²) in [4.78, 5) is 0.449. The monoisotopic (exact) mass is 236 g/mol. The molecule has 0 fully saturated rings. The highest BCUT2D eigenvalue weighted by molar-refractivity contribution is 7.80. The summed E-state index contributed by atoms with van der Waals surface area (Å²) < 4.78 is 0. The first-order valence-electron chi connectivity index (χ1n) is 5.54. The average molecular weight is 236 g/mol. The molecule has 0 saturated carbocycles. The van der Waals surface area contributed by atoms with E-state index in [0.29, 0.717) is 4.99 Å². The fourth-order valence-electron chi connectivity index (χ4n) is 1.41. The number of nitrogens with one attached hydrogen (secondary N) is 1. The van der Waals surface area contributed by atoms with Crippen molar-refractivity contribution in [3.05, 3.63) is 29.3 Å². The van der Waals surface area contributed by atoms with E-state index in [2.05, 4.69) is 33.0 Å². The molecule has 88 valence electrons. The first-order valence-corrected chi connectivity index (χ1v) is 5.95. The molecule has 1 rings (SSSR count). The molecular weight excluding hydrogens is 216 g/mol. The Kier molecular flexibility index (Phi) is 3.92. The lowest BCUT2D eigenvalue weighted by Crippen LogP contribution is -2.30. The third-order valence-electron chi connectivity index (χ3n) is 2.87. The fourth-order valence-corrected chi connectivity index (χ4v) is 1.54. The number of rotatable bonds is 4. The van der Waals surface area contributed by atoms with Crippen molar-refractivity contribution in [1.29, 1.82) is 0 Å². The molecule has 0 spiro atoms. The van der Waals surface area contributed by atoms with E-state index in [9.17, 15) is 0 Å². The Morgan fingerprint density at radius 1 is 1.44 bits per heavy atom. The lowest BCUT2D eigenvalue weighted by atomic mass is 10.00. The van der Waals surface area contributed by atoms with Gasteiger partial charge in [0, 0.05) is 16.8 Å². The molecule has 0 unspecified atom stereocenters. The molecule has 0 amide bonds. The van der Waals surface area contributed by atoms with Crippen molar-refractivity contribution in [3.63, 3.8) is 0 Å². The van der Waals surface area contributed by atoms with Gasteiger partial charge >= 0.3 is 0 Å². The molecule has 0 heterocycles. The zero-order valence-corrected chi connectivity index (χ0v) is 11.2. The van der Waals surface area contributed by atoms with E-state index in [0.717, 1.165) is 17.7 Å². The Bertz CT molecular complexity index is 397. The van der Waals surface area contributed by atoms with Crippen LogP contribution in [0.15, 0.2) is 18.2 Å². The van der Waals surface area contributed by atoms with Gasteiger partial charge in [0.05, 0.1) is 0 Å². The topological polar surface area (TPSA) is 38.0 Å². The molecular formula is C13H20N2S. The van der Waals surface area contributed by atoms with Gasteiger partial charge < -0.3 is 11.1 Å². The summed E-state index contributed by atoms with van der Waals surface area (Å²) in [5.74, 6) is 0. The highest BCUT2D eigenvalue weighted by atomic mass is 32.1. The van der Waals surface area contributed by atoms with Crippen LogP contribution in [0.25, 0.3) is 0 Å². The van der Waals surface area contributed by atoms with E-state index in [1.165, 1.54) is 5.56 Å². The lowest BCUT2D eigenvalue weighted by Gasteiger charge is -2.27. The van der Waals surface area contributed by atoms with Gasteiger partial charge in [0.1, 0.15) is 4.99 Å². The second-order valence-corrected chi connectivity index (χ2v) is 5.20. The van der Waals surface area contributed by atoms with Crippen molar-refractivity contribution >= 4 is 22.9 Å². The van der Waals surface area contributed by atoms with Gasteiger partial charge in [-0.25, -0.2) is 0 Å². The summed E-state index contributed by atoms with van der Waals surface area (Å²) in [5.41, 5.74) is 8.95. The Balaban J connectivity index is 2.96. The zero-order valence-electron chi connectivity index (χ0n) is 10.4. The number of hydrogen-bond donors (Lipinski definition) is 2. The van der Waals surface area contributed by atoms with Crippen LogP contribution in [0.1, 0.15) is 38.3 Å². The van der Waals surface area contributed by atoms with E-state index < -0.39 is 0 Å². The van der Waals surface area contributed by atoms with Crippen LogP contribution in [0.3, 0.4) is 0 Å². The summed E-state index contributed by atoms with van der Waals surface area (Å²) >= 11 is 4.95. The minimum absolute atomic E-state index is 0.107. The molecule has 1 aromatic carbocycles. The number of anilines is 1. The summed E-state index contributed by atoms with van der Waals surface area (Å²) in [6, 6.07) is 6.03. The zero-order chi connectivity index (χ0) is 12.3. The Labute approximate surface area is 103 Å². The molecule has 0 aliphatic rings. The van der Waals surface area contributed by atoms with Crippen molar-refractivity contribution in [2.75, 3.05) is 5.32 Å². The van der Waals surface area contributed by atoms with E-state index >= 15 is 0 Å². The molecule has 0 radical (unpaired) electrons. The van der Waals surface area contributed by atoms with Crippen LogP contribution in [0.2, 0.25) is 0 Å². The van der Waals surface area contributed by atoms with Gasteiger partial charge in [-0.05, 0) is 51.0 Å². The minimum atomic E-state index is 0.107. The normalized spacial score (nSPS) is 11.2. The average Bonchev–Trinajstić information content (AvgIpc) is 2.20. The quantitative estimate of drug-likeness (QED) is 0.788. The van der Waals surface area contributed by atoms with E-state index in [1.807, 2.05) is 18.2 Å². The van der Waals surface area contributed by atoms with E-state index in [4.69, 9.17) is 18.0 Å². The molecule has 0 aromatic heterocycles. The Morgan fingerprint density at radius 2 is 2.06 bits per heavy atom. The molecule has 0 bridgehead atoms. The van der Waals surface area contributed by atoms with Crippen molar-refractivity contribution in [1.82, 2.24) is 0 Å². The summed E-state index contributed by atoms with van der Waals surface area (Å²) in [6.45, 7) is 8.61. The molecule has 0 saturated heterocycles. The SMILES string of the molecule is CCC(C)(C)Nc1ccc(C(N)=S)cc1C. The van der Waals surface area contributed by atoms with Crippen LogP contribution in [-0.4, -0.2) is 10.5 Å². The molecule has 16 heavy (non-hydrogen) atoms. The lowest BCUT2D eigenvalue weighted by molar-refractivity contribution is 0.547. The van der Waals surface area contributed by atoms with Gasteiger partial charge in [-0.2, -0.15) is 0 Å². The van der Waals surface area contributed by atoms with Gasteiger partial charge in [-0.1, -0.05) is 19.1 Å². The molecule has 0 aliphatic heterocycles. The van der Waals surface area contributed by atoms with Crippen molar-refractivity contribution in [3.8, 4) is 0 Å². The largest absolute Gasteiger partial charge is 0.389 e. The van der Waals surface area contributed by atoms with Gasteiger partial charge in [0.2, 0.25) is 0 Å². The molecule has 1 aromatic rings. The number of benzene rings is 1. The highest BCUT2D eigenvalue weighted by Crippen LogP contribution is 2.22. The first kappa shape index (κ1) is 13.0. The number of aryl methyl sites for hydroxylation is 1. The van der Waals surface area contributed by atoms with Crippen LogP contribution in [-0.2, 0) is 0 Å². The van der Waals surface area contributed by atoms with Gasteiger partial charge in [0.15, 0.2) is 0 Å². The minimum Gasteiger partial charge on any atom is -0.389 e. The molecule has 0 aliphatic carbocycles. The highest BCUT2D eigenvalue weighted by Gasteiger charge is 2.15. The smallest absolute Gasteiger partial charge is 0.103 e. The number of hydrogen-bond acceptors (Lipinski definition) is 2.